The monoisotopic (exact) mass is 295 g/mol. The van der Waals surface area contributed by atoms with Gasteiger partial charge >= 0.3 is 12.1 Å². The van der Waals surface area contributed by atoms with Crippen molar-refractivity contribution in [2.24, 2.45) is 0 Å². The second kappa shape index (κ2) is 6.74. The molecule has 0 rings (SSSR count). The second-order valence-electron chi connectivity index (χ2n) is 5.13. The van der Waals surface area contributed by atoms with Gasteiger partial charge < -0.3 is 9.47 Å². The van der Waals surface area contributed by atoms with Crippen molar-refractivity contribution in [3.05, 3.63) is 0 Å². The summed E-state index contributed by atoms with van der Waals surface area (Å²) in [7, 11) is -3.80. The first-order valence-electron chi connectivity index (χ1n) is 5.82. The van der Waals surface area contributed by atoms with E-state index < -0.39 is 33.8 Å². The predicted molar refractivity (Wildman–Crippen MR) is 69.0 cm³/mol. The molecule has 0 aromatic heterocycles. The minimum Gasteiger partial charge on any atom is -0.463 e. The van der Waals surface area contributed by atoms with E-state index in [0.29, 0.717) is 0 Å². The highest BCUT2D eigenvalue weighted by Gasteiger charge is 2.22. The van der Waals surface area contributed by atoms with Crippen molar-refractivity contribution >= 4 is 22.1 Å². The number of carbonyl (C=O) groups is 2. The Morgan fingerprint density at radius 2 is 1.79 bits per heavy atom. The Labute approximate surface area is 113 Å². The van der Waals surface area contributed by atoms with Crippen molar-refractivity contribution < 1.29 is 27.5 Å². The van der Waals surface area contributed by atoms with E-state index >= 15 is 0 Å². The number of hydrogen-bond donors (Lipinski definition) is 1. The van der Waals surface area contributed by atoms with Crippen LogP contribution >= 0.6 is 0 Å². The molecule has 112 valence electrons. The molecule has 1 atom stereocenters. The molecule has 0 saturated carbocycles. The summed E-state index contributed by atoms with van der Waals surface area (Å²) in [6, 6.07) is 0. The van der Waals surface area contributed by atoms with Crippen molar-refractivity contribution in [2.45, 2.75) is 52.7 Å². The number of ether oxygens (including phenoxy) is 2. The maximum Gasteiger partial charge on any atom is 0.421 e. The molecule has 1 unspecified atom stereocenters. The van der Waals surface area contributed by atoms with Gasteiger partial charge in [0.05, 0.1) is 5.75 Å². The number of nitrogens with one attached hydrogen (secondary N) is 1. The molecule has 0 heterocycles. The molecule has 0 aliphatic heterocycles. The molecule has 1 amide bonds. The van der Waals surface area contributed by atoms with Gasteiger partial charge in [0.2, 0.25) is 10.0 Å². The number of rotatable bonds is 5. The minimum atomic E-state index is -3.80. The fourth-order valence-corrected chi connectivity index (χ4v) is 2.18. The van der Waals surface area contributed by atoms with Crippen molar-refractivity contribution in [3.63, 3.8) is 0 Å². The van der Waals surface area contributed by atoms with Crippen LogP contribution in [0.4, 0.5) is 4.79 Å². The van der Waals surface area contributed by atoms with Crippen molar-refractivity contribution in [2.75, 3.05) is 5.75 Å². The lowest BCUT2D eigenvalue weighted by Crippen LogP contribution is -2.38. The van der Waals surface area contributed by atoms with Crippen LogP contribution in [0.3, 0.4) is 0 Å². The van der Waals surface area contributed by atoms with Gasteiger partial charge in [-0.3, -0.25) is 4.79 Å². The zero-order valence-electron chi connectivity index (χ0n) is 11.8. The summed E-state index contributed by atoms with van der Waals surface area (Å²) in [5.74, 6) is -0.814. The van der Waals surface area contributed by atoms with E-state index in [9.17, 15) is 18.0 Å². The molecule has 0 fully saturated rings. The molecule has 0 spiro atoms. The van der Waals surface area contributed by atoms with Gasteiger partial charge in [-0.15, -0.1) is 0 Å². The summed E-state index contributed by atoms with van der Waals surface area (Å²) >= 11 is 0. The third kappa shape index (κ3) is 10.3. The molecule has 1 N–H and O–H groups in total. The number of carbonyl (C=O) groups excluding carboxylic acids is 2. The van der Waals surface area contributed by atoms with E-state index in [4.69, 9.17) is 9.47 Å². The fourth-order valence-electron chi connectivity index (χ4n) is 1.14. The number of sulfonamides is 1. The number of hydrogen-bond acceptors (Lipinski definition) is 6. The lowest BCUT2D eigenvalue weighted by Gasteiger charge is -2.19. The van der Waals surface area contributed by atoms with E-state index in [2.05, 4.69) is 0 Å². The van der Waals surface area contributed by atoms with E-state index in [1.54, 1.807) is 32.4 Å². The zero-order valence-corrected chi connectivity index (χ0v) is 12.7. The second-order valence-corrected chi connectivity index (χ2v) is 6.97. The Kier molecular flexibility index (Phi) is 6.28. The van der Waals surface area contributed by atoms with Gasteiger partial charge in [0.1, 0.15) is 11.7 Å². The largest absolute Gasteiger partial charge is 0.463 e. The first-order valence-corrected chi connectivity index (χ1v) is 7.47. The zero-order chi connectivity index (χ0) is 15.3. The normalized spacial score (nSPS) is 13.5. The average Bonchev–Trinajstić information content (AvgIpc) is 2.09. The van der Waals surface area contributed by atoms with Gasteiger partial charge in [0.25, 0.3) is 0 Å². The predicted octanol–water partition coefficient (Wildman–Crippen LogP) is 1.18. The van der Waals surface area contributed by atoms with E-state index in [1.807, 2.05) is 0 Å². The molecule has 0 aromatic carbocycles. The van der Waals surface area contributed by atoms with E-state index in [0.717, 1.165) is 0 Å². The first-order chi connectivity index (χ1) is 8.41. The van der Waals surface area contributed by atoms with Crippen LogP contribution < -0.4 is 4.72 Å². The molecule has 0 radical (unpaired) electrons. The first kappa shape index (κ1) is 17.7. The quantitative estimate of drug-likeness (QED) is 0.765. The summed E-state index contributed by atoms with van der Waals surface area (Å²) in [6.07, 6.45) is -1.46. The van der Waals surface area contributed by atoms with E-state index in [-0.39, 0.29) is 12.2 Å². The lowest BCUT2D eigenvalue weighted by atomic mass is 10.2. The highest BCUT2D eigenvalue weighted by Crippen LogP contribution is 2.07. The summed E-state index contributed by atoms with van der Waals surface area (Å²) in [4.78, 5) is 22.0. The van der Waals surface area contributed by atoms with Crippen LogP contribution in [-0.4, -0.2) is 37.9 Å². The molecule has 0 aliphatic carbocycles. The van der Waals surface area contributed by atoms with Crippen LogP contribution in [0.15, 0.2) is 0 Å². The van der Waals surface area contributed by atoms with Gasteiger partial charge in [-0.25, -0.2) is 17.9 Å². The Balaban J connectivity index is 4.26. The molecule has 7 nitrogen and oxygen atoms in total. The van der Waals surface area contributed by atoms with Crippen LogP contribution in [0, 0.1) is 0 Å². The standard InChI is InChI=1S/C11H21NO6S/c1-8(17-9(2)13)6-7-19(15,16)12-10(14)18-11(3,4)5/h8H,6-7H2,1-5H3,(H,12,14). The Morgan fingerprint density at radius 1 is 1.26 bits per heavy atom. The Bertz CT molecular complexity index is 423. The Morgan fingerprint density at radius 3 is 2.21 bits per heavy atom. The fraction of sp³-hybridized carbons (Fsp3) is 0.818. The SMILES string of the molecule is CC(=O)OC(C)CCS(=O)(=O)NC(=O)OC(C)(C)C. The van der Waals surface area contributed by atoms with Gasteiger partial charge in [0.15, 0.2) is 0 Å². The lowest BCUT2D eigenvalue weighted by molar-refractivity contribution is -0.145. The molecule has 0 aromatic rings. The maximum absolute atomic E-state index is 11.6. The Hall–Kier alpha value is -1.31. The molecular formula is C11H21NO6S. The number of esters is 1. The number of amides is 1. The summed E-state index contributed by atoms with van der Waals surface area (Å²) < 4.78 is 34.5. The third-order valence-corrected chi connectivity index (χ3v) is 3.05. The van der Waals surface area contributed by atoms with Crippen LogP contribution in [0.25, 0.3) is 0 Å². The smallest absolute Gasteiger partial charge is 0.421 e. The average molecular weight is 295 g/mol. The molecule has 0 aliphatic rings. The summed E-state index contributed by atoms with van der Waals surface area (Å²) in [5, 5.41) is 0. The molecular weight excluding hydrogens is 274 g/mol. The van der Waals surface area contributed by atoms with Gasteiger partial charge in [-0.1, -0.05) is 0 Å². The van der Waals surface area contributed by atoms with Crippen LogP contribution in [0.5, 0.6) is 0 Å². The minimum absolute atomic E-state index is 0.0950. The highest BCUT2D eigenvalue weighted by molar-refractivity contribution is 7.90. The van der Waals surface area contributed by atoms with Crippen molar-refractivity contribution in [3.8, 4) is 0 Å². The molecule has 19 heavy (non-hydrogen) atoms. The van der Waals surface area contributed by atoms with Gasteiger partial charge in [0, 0.05) is 6.92 Å². The molecule has 8 heteroatoms. The van der Waals surface area contributed by atoms with E-state index in [1.165, 1.54) is 6.92 Å². The summed E-state index contributed by atoms with van der Waals surface area (Å²) in [5.41, 5.74) is -0.773. The van der Waals surface area contributed by atoms with Gasteiger partial charge in [-0.2, -0.15) is 0 Å². The van der Waals surface area contributed by atoms with Crippen LogP contribution in [-0.2, 0) is 24.3 Å². The molecule has 0 bridgehead atoms. The van der Waals surface area contributed by atoms with Crippen LogP contribution in [0.1, 0.15) is 41.0 Å². The topological polar surface area (TPSA) is 98.8 Å². The van der Waals surface area contributed by atoms with Gasteiger partial charge in [-0.05, 0) is 34.1 Å². The maximum atomic E-state index is 11.6. The molecule has 0 saturated heterocycles. The van der Waals surface area contributed by atoms with Crippen LogP contribution in [0.2, 0.25) is 0 Å². The van der Waals surface area contributed by atoms with Crippen molar-refractivity contribution in [1.29, 1.82) is 0 Å². The summed E-state index contributed by atoms with van der Waals surface area (Å²) in [6.45, 7) is 7.69. The highest BCUT2D eigenvalue weighted by atomic mass is 32.2. The third-order valence-electron chi connectivity index (χ3n) is 1.80. The van der Waals surface area contributed by atoms with Crippen molar-refractivity contribution in [1.82, 2.24) is 4.72 Å².